The first-order valence-corrected chi connectivity index (χ1v) is 9.47. The highest BCUT2D eigenvalue weighted by Crippen LogP contribution is 2.36. The number of benzene rings is 3. The molecule has 5 heteroatoms. The number of fused-ring (bicyclic) bond motifs is 1. The van der Waals surface area contributed by atoms with Crippen LogP contribution in [-0.2, 0) is 4.79 Å². The summed E-state index contributed by atoms with van der Waals surface area (Å²) in [7, 11) is 1.60. The van der Waals surface area contributed by atoms with Crippen LogP contribution < -0.4 is 9.47 Å². The number of hydrogen-bond acceptors (Lipinski definition) is 5. The molecule has 0 aliphatic rings. The first-order chi connectivity index (χ1) is 14.5. The molecular weight excluding hydrogens is 380 g/mol. The Morgan fingerprint density at radius 3 is 2.17 bits per heavy atom. The number of ketones is 1. The molecule has 30 heavy (non-hydrogen) atoms. The second-order valence-corrected chi connectivity index (χ2v) is 6.98. The molecule has 3 aromatic carbocycles. The molecule has 0 atom stereocenters. The van der Waals surface area contributed by atoms with E-state index in [1.54, 1.807) is 31.4 Å². The summed E-state index contributed by atoms with van der Waals surface area (Å²) in [5.41, 5.74) is 3.43. The van der Waals surface area contributed by atoms with Crippen molar-refractivity contribution in [2.45, 2.75) is 13.8 Å². The van der Waals surface area contributed by atoms with Gasteiger partial charge in [-0.15, -0.1) is 0 Å². The quantitative estimate of drug-likeness (QED) is 0.249. The van der Waals surface area contributed by atoms with Gasteiger partial charge >= 0.3 is 5.97 Å². The average Bonchev–Trinajstić information content (AvgIpc) is 3.12. The fraction of sp³-hybridized carbons (Fsp3) is 0.120. The van der Waals surface area contributed by atoms with E-state index in [4.69, 9.17) is 13.9 Å². The number of hydrogen-bond donors (Lipinski definition) is 0. The second-order valence-electron chi connectivity index (χ2n) is 6.98. The molecule has 0 fully saturated rings. The van der Waals surface area contributed by atoms with Crippen LogP contribution in [0.4, 0.5) is 0 Å². The summed E-state index contributed by atoms with van der Waals surface area (Å²) >= 11 is 0. The third kappa shape index (κ3) is 3.70. The topological polar surface area (TPSA) is 65.7 Å². The van der Waals surface area contributed by atoms with Gasteiger partial charge in [0.1, 0.15) is 22.8 Å². The lowest BCUT2D eigenvalue weighted by molar-refractivity contribution is -0.131. The Kier molecular flexibility index (Phi) is 5.11. The van der Waals surface area contributed by atoms with Crippen molar-refractivity contribution in [2.24, 2.45) is 0 Å². The number of methoxy groups -OCH3 is 1. The maximum Gasteiger partial charge on any atom is 0.308 e. The highest BCUT2D eigenvalue weighted by Gasteiger charge is 2.23. The molecular formula is C25H20O5. The van der Waals surface area contributed by atoms with Crippen LogP contribution in [-0.4, -0.2) is 18.9 Å². The van der Waals surface area contributed by atoms with E-state index in [2.05, 4.69) is 0 Å². The summed E-state index contributed by atoms with van der Waals surface area (Å²) in [4.78, 5) is 24.6. The normalized spacial score (nSPS) is 10.8. The zero-order chi connectivity index (χ0) is 21.3. The maximum absolute atomic E-state index is 13.5. The van der Waals surface area contributed by atoms with E-state index in [1.807, 2.05) is 49.4 Å². The molecule has 0 saturated heterocycles. The molecule has 4 aromatic rings. The Bertz CT molecular complexity index is 1230. The molecule has 0 aliphatic heterocycles. The molecule has 0 aliphatic carbocycles. The number of aryl methyl sites for hydroxylation is 1. The van der Waals surface area contributed by atoms with E-state index in [9.17, 15) is 9.59 Å². The zero-order valence-electron chi connectivity index (χ0n) is 16.9. The first-order valence-electron chi connectivity index (χ1n) is 9.47. The van der Waals surface area contributed by atoms with Gasteiger partial charge in [-0.3, -0.25) is 9.59 Å². The molecule has 0 spiro atoms. The summed E-state index contributed by atoms with van der Waals surface area (Å²) in [5.74, 6) is 1.04. The molecule has 0 N–H and O–H groups in total. The fourth-order valence-corrected chi connectivity index (χ4v) is 3.37. The van der Waals surface area contributed by atoms with Gasteiger partial charge in [-0.25, -0.2) is 0 Å². The van der Waals surface area contributed by atoms with Crippen molar-refractivity contribution in [3.8, 4) is 22.8 Å². The molecule has 0 radical (unpaired) electrons. The van der Waals surface area contributed by atoms with Crippen molar-refractivity contribution >= 4 is 22.7 Å². The minimum atomic E-state index is -0.410. The summed E-state index contributed by atoms with van der Waals surface area (Å²) < 4.78 is 16.4. The van der Waals surface area contributed by atoms with Crippen LogP contribution in [0, 0.1) is 6.92 Å². The third-order valence-electron chi connectivity index (χ3n) is 4.80. The molecule has 0 bridgehead atoms. The van der Waals surface area contributed by atoms with Crippen LogP contribution in [0.3, 0.4) is 0 Å². The lowest BCUT2D eigenvalue weighted by Crippen LogP contribution is -2.04. The Hall–Kier alpha value is -3.86. The van der Waals surface area contributed by atoms with Gasteiger partial charge in [0.25, 0.3) is 0 Å². The fourth-order valence-electron chi connectivity index (χ4n) is 3.37. The summed E-state index contributed by atoms with van der Waals surface area (Å²) in [5, 5.41) is 0.759. The van der Waals surface area contributed by atoms with E-state index in [0.717, 1.165) is 22.3 Å². The molecule has 0 amide bonds. The van der Waals surface area contributed by atoms with Crippen LogP contribution >= 0.6 is 0 Å². The van der Waals surface area contributed by atoms with E-state index in [0.29, 0.717) is 28.2 Å². The van der Waals surface area contributed by atoms with Gasteiger partial charge in [-0.05, 0) is 67.6 Å². The minimum absolute atomic E-state index is 0.167. The Labute approximate surface area is 173 Å². The van der Waals surface area contributed by atoms with Gasteiger partial charge < -0.3 is 13.9 Å². The SMILES string of the molecule is COc1ccc(-c2oc3ccc(C)cc3c2C(=O)c2ccc(OC(C)=O)cc2)cc1. The summed E-state index contributed by atoms with van der Waals surface area (Å²) in [6.07, 6.45) is 0. The van der Waals surface area contributed by atoms with E-state index in [1.165, 1.54) is 6.92 Å². The zero-order valence-corrected chi connectivity index (χ0v) is 16.9. The lowest BCUT2D eigenvalue weighted by atomic mass is 9.96. The van der Waals surface area contributed by atoms with E-state index in [-0.39, 0.29) is 5.78 Å². The van der Waals surface area contributed by atoms with Gasteiger partial charge in [-0.1, -0.05) is 11.6 Å². The highest BCUT2D eigenvalue weighted by atomic mass is 16.5. The molecule has 5 nitrogen and oxygen atoms in total. The van der Waals surface area contributed by atoms with Crippen molar-refractivity contribution in [1.29, 1.82) is 0 Å². The van der Waals surface area contributed by atoms with Crippen LogP contribution in [0.15, 0.2) is 71.1 Å². The van der Waals surface area contributed by atoms with Crippen molar-refractivity contribution in [2.75, 3.05) is 7.11 Å². The average molecular weight is 400 g/mol. The largest absolute Gasteiger partial charge is 0.497 e. The Morgan fingerprint density at radius 2 is 1.53 bits per heavy atom. The van der Waals surface area contributed by atoms with Gasteiger partial charge in [0.15, 0.2) is 5.78 Å². The predicted octanol–water partition coefficient (Wildman–Crippen LogP) is 5.57. The Morgan fingerprint density at radius 1 is 0.867 bits per heavy atom. The van der Waals surface area contributed by atoms with Gasteiger partial charge in [0.2, 0.25) is 0 Å². The van der Waals surface area contributed by atoms with Crippen LogP contribution in [0.25, 0.3) is 22.3 Å². The second kappa shape index (κ2) is 7.87. The van der Waals surface area contributed by atoms with Crippen LogP contribution in [0.1, 0.15) is 28.4 Å². The van der Waals surface area contributed by atoms with Crippen LogP contribution in [0.5, 0.6) is 11.5 Å². The third-order valence-corrected chi connectivity index (χ3v) is 4.80. The first kappa shape index (κ1) is 19.5. The van der Waals surface area contributed by atoms with E-state index >= 15 is 0 Å². The van der Waals surface area contributed by atoms with Crippen molar-refractivity contribution in [3.05, 3.63) is 83.4 Å². The molecule has 150 valence electrons. The number of rotatable bonds is 5. The van der Waals surface area contributed by atoms with E-state index < -0.39 is 5.97 Å². The van der Waals surface area contributed by atoms with Crippen molar-refractivity contribution < 1.29 is 23.5 Å². The maximum atomic E-state index is 13.5. The smallest absolute Gasteiger partial charge is 0.308 e. The molecule has 4 rings (SSSR count). The minimum Gasteiger partial charge on any atom is -0.497 e. The number of furan rings is 1. The predicted molar refractivity (Wildman–Crippen MR) is 114 cm³/mol. The lowest BCUT2D eigenvalue weighted by Gasteiger charge is -2.06. The number of carbonyl (C=O) groups excluding carboxylic acids is 2. The van der Waals surface area contributed by atoms with Gasteiger partial charge in [-0.2, -0.15) is 0 Å². The molecule has 1 aromatic heterocycles. The highest BCUT2D eigenvalue weighted by molar-refractivity contribution is 6.19. The van der Waals surface area contributed by atoms with Crippen LogP contribution in [0.2, 0.25) is 0 Å². The number of esters is 1. The van der Waals surface area contributed by atoms with Crippen molar-refractivity contribution in [3.63, 3.8) is 0 Å². The summed E-state index contributed by atoms with van der Waals surface area (Å²) in [6, 6.07) is 19.7. The van der Waals surface area contributed by atoms with Gasteiger partial charge in [0.05, 0.1) is 12.7 Å². The Balaban J connectivity index is 1.84. The standard InChI is InChI=1S/C25H20O5/c1-15-4-13-22-21(14-15)23(25(30-22)18-7-9-19(28-3)10-8-18)24(27)17-5-11-20(12-6-17)29-16(2)26/h4-14H,1-3H3. The molecule has 0 unspecified atom stereocenters. The van der Waals surface area contributed by atoms with Crippen molar-refractivity contribution in [1.82, 2.24) is 0 Å². The number of ether oxygens (including phenoxy) is 2. The summed E-state index contributed by atoms with van der Waals surface area (Å²) in [6.45, 7) is 3.31. The molecule has 0 saturated carbocycles. The number of carbonyl (C=O) groups is 2. The van der Waals surface area contributed by atoms with Gasteiger partial charge in [0, 0.05) is 23.4 Å². The molecule has 1 heterocycles. The monoisotopic (exact) mass is 400 g/mol.